The second kappa shape index (κ2) is 4.26. The van der Waals surface area contributed by atoms with E-state index >= 15 is 0 Å². The van der Waals surface area contributed by atoms with Crippen LogP contribution in [0.4, 0.5) is 0 Å². The van der Waals surface area contributed by atoms with Gasteiger partial charge >= 0.3 is 0 Å². The van der Waals surface area contributed by atoms with Gasteiger partial charge in [-0.2, -0.15) is 0 Å². The fourth-order valence-corrected chi connectivity index (χ4v) is 2.28. The highest BCUT2D eigenvalue weighted by molar-refractivity contribution is 5.79. The lowest BCUT2D eigenvalue weighted by Gasteiger charge is -2.16. The maximum absolute atomic E-state index is 11.5. The second-order valence-corrected chi connectivity index (χ2v) is 4.63. The largest absolute Gasteiger partial charge is 0.391 e. The van der Waals surface area contributed by atoms with Gasteiger partial charge in [-0.1, -0.05) is 29.3 Å². The minimum Gasteiger partial charge on any atom is -0.391 e. The van der Waals surface area contributed by atoms with Gasteiger partial charge in [-0.25, -0.2) is 0 Å². The van der Waals surface area contributed by atoms with Crippen LogP contribution in [0, 0.1) is 13.8 Å². The Hall–Kier alpha value is -1.35. The average Bonchev–Trinajstić information content (AvgIpc) is 2.43. The van der Waals surface area contributed by atoms with Crippen LogP contribution in [-0.4, -0.2) is 28.6 Å². The van der Waals surface area contributed by atoms with E-state index in [1.54, 1.807) is 4.90 Å². The van der Waals surface area contributed by atoms with Crippen molar-refractivity contribution in [3.05, 3.63) is 34.9 Å². The summed E-state index contributed by atoms with van der Waals surface area (Å²) < 4.78 is 0. The van der Waals surface area contributed by atoms with Crippen molar-refractivity contribution in [1.82, 2.24) is 4.90 Å². The number of benzene rings is 1. The molecule has 1 saturated heterocycles. The minimum atomic E-state index is -0.488. The molecule has 1 aliphatic rings. The number of nitrogens with zero attached hydrogens (tertiary/aromatic N) is 1. The normalized spacial score (nSPS) is 20.6. The van der Waals surface area contributed by atoms with Crippen LogP contribution in [0.2, 0.25) is 0 Å². The molecule has 1 amide bonds. The molecule has 1 aromatic rings. The number of carbonyl (C=O) groups is 1. The minimum absolute atomic E-state index is 0.0478. The molecule has 1 unspecified atom stereocenters. The van der Waals surface area contributed by atoms with Crippen LogP contribution in [-0.2, 0) is 11.3 Å². The molecule has 1 fully saturated rings. The van der Waals surface area contributed by atoms with Crippen molar-refractivity contribution in [3.63, 3.8) is 0 Å². The Bertz CT molecular complexity index is 394. The summed E-state index contributed by atoms with van der Waals surface area (Å²) in [6.45, 7) is 5.18. The fraction of sp³-hybridized carbons (Fsp3) is 0.462. The summed E-state index contributed by atoms with van der Waals surface area (Å²) in [4.78, 5) is 13.2. The van der Waals surface area contributed by atoms with Crippen molar-refractivity contribution in [2.75, 3.05) is 6.54 Å². The molecule has 0 bridgehead atoms. The van der Waals surface area contributed by atoms with Gasteiger partial charge in [-0.05, 0) is 19.4 Å². The van der Waals surface area contributed by atoms with Crippen molar-refractivity contribution in [2.24, 2.45) is 0 Å². The lowest BCUT2D eigenvalue weighted by Crippen LogP contribution is -2.25. The molecular weight excluding hydrogens is 202 g/mol. The van der Waals surface area contributed by atoms with E-state index in [1.807, 2.05) is 0 Å². The summed E-state index contributed by atoms with van der Waals surface area (Å²) in [6, 6.07) is 6.29. The van der Waals surface area contributed by atoms with E-state index < -0.39 is 6.10 Å². The maximum Gasteiger partial charge on any atom is 0.225 e. The Kier molecular flexibility index (Phi) is 2.97. The summed E-state index contributed by atoms with van der Waals surface area (Å²) in [5.41, 5.74) is 3.56. The third kappa shape index (κ3) is 2.42. The fourth-order valence-electron chi connectivity index (χ4n) is 2.28. The molecule has 16 heavy (non-hydrogen) atoms. The monoisotopic (exact) mass is 219 g/mol. The molecule has 86 valence electrons. The Labute approximate surface area is 95.7 Å². The van der Waals surface area contributed by atoms with E-state index in [2.05, 4.69) is 32.0 Å². The van der Waals surface area contributed by atoms with Crippen molar-refractivity contribution in [2.45, 2.75) is 32.9 Å². The van der Waals surface area contributed by atoms with Gasteiger partial charge in [0.2, 0.25) is 5.91 Å². The number of aliphatic hydroxyl groups is 1. The number of aliphatic hydroxyl groups excluding tert-OH is 1. The molecule has 3 heteroatoms. The number of amides is 1. The van der Waals surface area contributed by atoms with Gasteiger partial charge in [0.15, 0.2) is 0 Å². The number of aryl methyl sites for hydroxylation is 2. The van der Waals surface area contributed by atoms with E-state index in [-0.39, 0.29) is 12.3 Å². The zero-order valence-electron chi connectivity index (χ0n) is 9.73. The lowest BCUT2D eigenvalue weighted by atomic mass is 10.1. The Balaban J connectivity index is 2.12. The molecule has 1 N–H and O–H groups in total. The molecule has 1 aromatic carbocycles. The second-order valence-electron chi connectivity index (χ2n) is 4.63. The first-order chi connectivity index (χ1) is 7.54. The highest BCUT2D eigenvalue weighted by Crippen LogP contribution is 2.16. The van der Waals surface area contributed by atoms with Crippen molar-refractivity contribution in [3.8, 4) is 0 Å². The molecule has 2 rings (SSSR count). The first kappa shape index (κ1) is 11.1. The summed E-state index contributed by atoms with van der Waals surface area (Å²) in [5.74, 6) is 0.0478. The summed E-state index contributed by atoms with van der Waals surface area (Å²) in [7, 11) is 0. The van der Waals surface area contributed by atoms with E-state index in [0.29, 0.717) is 13.1 Å². The van der Waals surface area contributed by atoms with E-state index in [9.17, 15) is 9.90 Å². The van der Waals surface area contributed by atoms with Crippen LogP contribution < -0.4 is 0 Å². The molecule has 0 spiro atoms. The van der Waals surface area contributed by atoms with Gasteiger partial charge in [0, 0.05) is 13.1 Å². The molecule has 0 aromatic heterocycles. The molecular formula is C13H17NO2. The zero-order chi connectivity index (χ0) is 11.7. The van der Waals surface area contributed by atoms with Crippen LogP contribution in [0.3, 0.4) is 0 Å². The van der Waals surface area contributed by atoms with Crippen molar-refractivity contribution >= 4 is 5.91 Å². The molecule has 3 nitrogen and oxygen atoms in total. The maximum atomic E-state index is 11.5. The third-order valence-corrected chi connectivity index (χ3v) is 2.85. The highest BCUT2D eigenvalue weighted by Gasteiger charge is 2.27. The zero-order valence-corrected chi connectivity index (χ0v) is 9.73. The summed E-state index contributed by atoms with van der Waals surface area (Å²) in [5, 5.41) is 9.39. The molecule has 1 heterocycles. The number of likely N-dealkylation sites (tertiary alicyclic amines) is 1. The quantitative estimate of drug-likeness (QED) is 0.816. The van der Waals surface area contributed by atoms with Gasteiger partial charge in [0.05, 0.1) is 12.5 Å². The van der Waals surface area contributed by atoms with E-state index in [0.717, 1.165) is 5.56 Å². The van der Waals surface area contributed by atoms with E-state index in [4.69, 9.17) is 0 Å². The molecule has 0 saturated carbocycles. The van der Waals surface area contributed by atoms with Crippen molar-refractivity contribution in [1.29, 1.82) is 0 Å². The van der Waals surface area contributed by atoms with Gasteiger partial charge in [0.1, 0.15) is 0 Å². The van der Waals surface area contributed by atoms with Crippen LogP contribution in [0.25, 0.3) is 0 Å². The average molecular weight is 219 g/mol. The highest BCUT2D eigenvalue weighted by atomic mass is 16.3. The Morgan fingerprint density at radius 2 is 1.94 bits per heavy atom. The summed E-state index contributed by atoms with van der Waals surface area (Å²) >= 11 is 0. The lowest BCUT2D eigenvalue weighted by molar-refractivity contribution is -0.128. The first-order valence-electron chi connectivity index (χ1n) is 5.57. The number of β-amino-alcohol motifs (C(OH)–C–C–N with tert-alkyl or cyclic N) is 1. The number of carbonyl (C=O) groups excluding carboxylic acids is 1. The number of hydrogen-bond donors (Lipinski definition) is 1. The molecule has 0 aliphatic carbocycles. The Morgan fingerprint density at radius 1 is 1.31 bits per heavy atom. The predicted molar refractivity (Wildman–Crippen MR) is 62.0 cm³/mol. The first-order valence-corrected chi connectivity index (χ1v) is 5.57. The van der Waals surface area contributed by atoms with E-state index in [1.165, 1.54) is 11.1 Å². The van der Waals surface area contributed by atoms with Gasteiger partial charge in [-0.15, -0.1) is 0 Å². The molecule has 1 atom stereocenters. The number of rotatable bonds is 2. The van der Waals surface area contributed by atoms with Crippen LogP contribution in [0.5, 0.6) is 0 Å². The summed E-state index contributed by atoms with van der Waals surface area (Å²) in [6.07, 6.45) is -0.219. The SMILES string of the molecule is Cc1cc(C)cc(CN2CC(O)CC2=O)c1. The predicted octanol–water partition coefficient (Wildman–Crippen LogP) is 1.40. The molecule has 0 radical (unpaired) electrons. The topological polar surface area (TPSA) is 40.5 Å². The Morgan fingerprint density at radius 3 is 2.44 bits per heavy atom. The number of hydrogen-bond acceptors (Lipinski definition) is 2. The standard InChI is InChI=1S/C13H17NO2/c1-9-3-10(2)5-11(4-9)7-14-8-12(15)6-13(14)16/h3-5,12,15H,6-8H2,1-2H3. The van der Waals surface area contributed by atoms with Crippen LogP contribution in [0.15, 0.2) is 18.2 Å². The van der Waals surface area contributed by atoms with Gasteiger partial charge in [0.25, 0.3) is 0 Å². The molecule has 1 aliphatic heterocycles. The van der Waals surface area contributed by atoms with Crippen LogP contribution in [0.1, 0.15) is 23.1 Å². The van der Waals surface area contributed by atoms with Gasteiger partial charge < -0.3 is 10.0 Å². The smallest absolute Gasteiger partial charge is 0.225 e. The van der Waals surface area contributed by atoms with Crippen LogP contribution >= 0.6 is 0 Å². The third-order valence-electron chi connectivity index (χ3n) is 2.85. The van der Waals surface area contributed by atoms with Crippen molar-refractivity contribution < 1.29 is 9.90 Å². The van der Waals surface area contributed by atoms with Gasteiger partial charge in [-0.3, -0.25) is 4.79 Å².